The normalized spacial score (nSPS) is 15.2. The molecule has 5 rings (SSSR count). The second-order valence-electron chi connectivity index (χ2n) is 9.14. The van der Waals surface area contributed by atoms with Gasteiger partial charge in [-0.05, 0) is 30.3 Å². The summed E-state index contributed by atoms with van der Waals surface area (Å²) in [6, 6.07) is 7.56. The minimum atomic E-state index is -0.499. The summed E-state index contributed by atoms with van der Waals surface area (Å²) < 4.78 is 16.6. The van der Waals surface area contributed by atoms with Gasteiger partial charge in [0.25, 0.3) is 0 Å². The molecule has 5 heterocycles. The van der Waals surface area contributed by atoms with E-state index in [0.29, 0.717) is 17.0 Å². The molecule has 4 aromatic heterocycles. The van der Waals surface area contributed by atoms with Crippen molar-refractivity contribution < 1.29 is 4.39 Å². The van der Waals surface area contributed by atoms with Gasteiger partial charge in [-0.1, -0.05) is 26.8 Å². The van der Waals surface area contributed by atoms with Crippen molar-refractivity contribution in [3.05, 3.63) is 60.1 Å². The van der Waals surface area contributed by atoms with Crippen molar-refractivity contribution in [3.63, 3.8) is 0 Å². The molecule has 1 saturated heterocycles. The van der Waals surface area contributed by atoms with Crippen LogP contribution in [0, 0.1) is 5.82 Å². The molecule has 0 aliphatic carbocycles. The van der Waals surface area contributed by atoms with Gasteiger partial charge in [0.1, 0.15) is 17.3 Å². The number of anilines is 2. The lowest BCUT2D eigenvalue weighted by atomic mass is 10.2. The van der Waals surface area contributed by atoms with E-state index in [2.05, 4.69) is 53.3 Å². The predicted molar refractivity (Wildman–Crippen MR) is 133 cm³/mol. The maximum atomic E-state index is 14.7. The lowest BCUT2D eigenvalue weighted by Gasteiger charge is -2.33. The molecular weight excluding hydrogens is 445 g/mol. The third-order valence-corrected chi connectivity index (χ3v) is 6.35. The Hall–Kier alpha value is -3.50. The van der Waals surface area contributed by atoms with E-state index in [0.717, 1.165) is 50.7 Å². The summed E-state index contributed by atoms with van der Waals surface area (Å²) in [5.41, 5.74) is 2.69. The first kappa shape index (κ1) is 23.3. The molecule has 0 spiro atoms. The Bertz CT molecular complexity index is 1290. The van der Waals surface area contributed by atoms with E-state index in [1.165, 1.54) is 6.20 Å². The van der Waals surface area contributed by atoms with Crippen molar-refractivity contribution in [3.8, 4) is 11.3 Å². The first-order chi connectivity index (χ1) is 17.0. The Labute approximate surface area is 204 Å². The average molecular weight is 476 g/mol. The Morgan fingerprint density at radius 2 is 1.77 bits per heavy atom. The number of halogens is 1. The van der Waals surface area contributed by atoms with Gasteiger partial charge in [-0.25, -0.2) is 19.3 Å². The smallest absolute Gasteiger partial charge is 0.229 e. The molecule has 35 heavy (non-hydrogen) atoms. The molecule has 1 aliphatic heterocycles. The molecule has 9 nitrogen and oxygen atoms in total. The maximum absolute atomic E-state index is 14.7. The number of hydrogen-bond donors (Lipinski definition) is 1. The number of rotatable bonds is 7. The second-order valence-corrected chi connectivity index (χ2v) is 9.14. The van der Waals surface area contributed by atoms with Crippen molar-refractivity contribution in [2.45, 2.75) is 33.2 Å². The highest BCUT2D eigenvalue weighted by atomic mass is 19.1. The van der Waals surface area contributed by atoms with Crippen LogP contribution in [0.1, 0.15) is 38.1 Å². The van der Waals surface area contributed by atoms with E-state index < -0.39 is 5.82 Å². The molecule has 0 saturated carbocycles. The zero-order valence-corrected chi connectivity index (χ0v) is 20.3. The lowest BCUT2D eigenvalue weighted by Crippen LogP contribution is -2.45. The molecule has 0 atom stereocenters. The van der Waals surface area contributed by atoms with Crippen molar-refractivity contribution in [2.24, 2.45) is 0 Å². The van der Waals surface area contributed by atoms with Crippen LogP contribution >= 0.6 is 0 Å². The van der Waals surface area contributed by atoms with E-state index in [1.807, 2.05) is 42.8 Å². The fourth-order valence-electron chi connectivity index (χ4n) is 4.30. The third kappa shape index (κ3) is 5.13. The molecule has 10 heteroatoms. The number of pyridine rings is 2. The topological polar surface area (TPSA) is 87.4 Å². The molecule has 0 unspecified atom stereocenters. The first-order valence-corrected chi connectivity index (χ1v) is 12.0. The largest absolute Gasteiger partial charge is 0.309 e. The number of aromatic nitrogens is 6. The van der Waals surface area contributed by atoms with Crippen LogP contribution in [0.25, 0.3) is 16.9 Å². The summed E-state index contributed by atoms with van der Waals surface area (Å²) in [5.74, 6) is 1.39. The summed E-state index contributed by atoms with van der Waals surface area (Å²) in [6.07, 6.45) is 4.86. The van der Waals surface area contributed by atoms with Crippen molar-refractivity contribution in [1.29, 1.82) is 0 Å². The first-order valence-electron chi connectivity index (χ1n) is 12.0. The van der Waals surface area contributed by atoms with Crippen molar-refractivity contribution in [1.82, 2.24) is 39.3 Å². The van der Waals surface area contributed by atoms with Gasteiger partial charge in [0.15, 0.2) is 11.5 Å². The van der Waals surface area contributed by atoms with Gasteiger partial charge in [0.2, 0.25) is 5.95 Å². The van der Waals surface area contributed by atoms with Crippen LogP contribution in [-0.2, 0) is 6.54 Å². The fraction of sp³-hybridized carbons (Fsp3) is 0.400. The highest BCUT2D eigenvalue weighted by Crippen LogP contribution is 2.24. The highest BCUT2D eigenvalue weighted by molar-refractivity contribution is 5.63. The summed E-state index contributed by atoms with van der Waals surface area (Å²) in [7, 11) is 0. The van der Waals surface area contributed by atoms with E-state index >= 15 is 0 Å². The van der Waals surface area contributed by atoms with Gasteiger partial charge in [0.05, 0.1) is 6.20 Å². The summed E-state index contributed by atoms with van der Waals surface area (Å²) >= 11 is 0. The molecule has 1 aliphatic rings. The van der Waals surface area contributed by atoms with Gasteiger partial charge >= 0.3 is 0 Å². The second kappa shape index (κ2) is 10.0. The Kier molecular flexibility index (Phi) is 6.65. The molecular formula is C25H30FN9. The molecule has 0 aromatic carbocycles. The predicted octanol–water partition coefficient (Wildman–Crippen LogP) is 3.72. The molecule has 1 N–H and O–H groups in total. The number of hydrogen-bond acceptors (Lipinski definition) is 8. The molecule has 0 radical (unpaired) electrons. The monoisotopic (exact) mass is 475 g/mol. The number of nitrogens with zero attached hydrogens (tertiary/aromatic N) is 8. The Balaban J connectivity index is 1.30. The molecule has 182 valence electrons. The minimum Gasteiger partial charge on any atom is -0.309 e. The zero-order valence-electron chi connectivity index (χ0n) is 20.3. The quantitative estimate of drug-likeness (QED) is 0.433. The number of fused-ring (bicyclic) bond motifs is 1. The summed E-state index contributed by atoms with van der Waals surface area (Å²) in [6.45, 7) is 12.6. The van der Waals surface area contributed by atoms with Crippen molar-refractivity contribution >= 4 is 17.4 Å². The van der Waals surface area contributed by atoms with Gasteiger partial charge < -0.3 is 10.2 Å². The number of piperazine rings is 1. The Morgan fingerprint density at radius 3 is 2.49 bits per heavy atom. The summed E-state index contributed by atoms with van der Waals surface area (Å²) in [4.78, 5) is 18.0. The van der Waals surface area contributed by atoms with Gasteiger partial charge in [-0.2, -0.15) is 0 Å². The zero-order chi connectivity index (χ0) is 24.4. The number of likely N-dealkylation sites (N-methyl/N-ethyl adjacent to an activating group) is 1. The maximum Gasteiger partial charge on any atom is 0.229 e. The SMILES string of the molecule is CCN1CCN(Cc2ccc(Nc3ncc(F)c(-c4ccc5nnc(C(C)C)n5c4)n3)nc2)CC1. The van der Waals surface area contributed by atoms with Crippen LogP contribution in [0.5, 0.6) is 0 Å². The van der Waals surface area contributed by atoms with Crippen LogP contribution in [0.3, 0.4) is 0 Å². The van der Waals surface area contributed by atoms with Crippen LogP contribution in [-0.4, -0.2) is 72.1 Å². The standard InChI is InChI=1S/C25H30FN9/c1-4-33-9-11-34(12-10-33)15-18-5-7-21(27-13-18)29-25-28-14-20(26)23(30-25)19-6-8-22-31-32-24(17(2)3)35(22)16-19/h5-8,13-14,16-17H,4,9-12,15H2,1-3H3,(H,27,28,29,30). The molecule has 0 bridgehead atoms. The van der Waals surface area contributed by atoms with Crippen LogP contribution in [0.2, 0.25) is 0 Å². The van der Waals surface area contributed by atoms with Gasteiger partial charge in [-0.15, -0.1) is 10.2 Å². The number of nitrogens with one attached hydrogen (secondary N) is 1. The molecule has 4 aromatic rings. The minimum absolute atomic E-state index is 0.183. The van der Waals surface area contributed by atoms with Gasteiger partial charge in [0, 0.05) is 56.6 Å². The lowest BCUT2D eigenvalue weighted by molar-refractivity contribution is 0.132. The summed E-state index contributed by atoms with van der Waals surface area (Å²) in [5, 5.41) is 11.5. The highest BCUT2D eigenvalue weighted by Gasteiger charge is 2.16. The van der Waals surface area contributed by atoms with E-state index in [4.69, 9.17) is 0 Å². The van der Waals surface area contributed by atoms with Crippen LogP contribution in [0.15, 0.2) is 42.9 Å². The van der Waals surface area contributed by atoms with Crippen molar-refractivity contribution in [2.75, 3.05) is 38.0 Å². The van der Waals surface area contributed by atoms with Crippen LogP contribution in [0.4, 0.5) is 16.2 Å². The van der Waals surface area contributed by atoms with Crippen LogP contribution < -0.4 is 5.32 Å². The third-order valence-electron chi connectivity index (χ3n) is 6.35. The van der Waals surface area contributed by atoms with Gasteiger partial charge in [-0.3, -0.25) is 9.30 Å². The Morgan fingerprint density at radius 1 is 0.971 bits per heavy atom. The average Bonchev–Trinajstić information content (AvgIpc) is 3.30. The molecule has 1 fully saturated rings. The fourth-order valence-corrected chi connectivity index (χ4v) is 4.30. The van der Waals surface area contributed by atoms with E-state index in [1.54, 1.807) is 6.07 Å². The molecule has 0 amide bonds. The van der Waals surface area contributed by atoms with E-state index in [9.17, 15) is 4.39 Å². The van der Waals surface area contributed by atoms with E-state index in [-0.39, 0.29) is 17.6 Å².